The van der Waals surface area contributed by atoms with Gasteiger partial charge in [0.2, 0.25) is 0 Å². The molecule has 0 aliphatic carbocycles. The normalized spacial score (nSPS) is 12.0. The number of hydrogen-bond acceptors (Lipinski definition) is 4. The highest BCUT2D eigenvalue weighted by molar-refractivity contribution is 5.97. The SMILES string of the molecule is COC(=O)[C@@H](NC(=O)c1nn(-c2ccccc2)c(-n2cccc2)c1C)C(C)C. The Morgan fingerprint density at radius 2 is 1.71 bits per heavy atom. The first-order chi connectivity index (χ1) is 13.4. The zero-order valence-electron chi connectivity index (χ0n) is 16.4. The Balaban J connectivity index is 2.05. The number of amides is 1. The van der Waals surface area contributed by atoms with E-state index in [4.69, 9.17) is 4.74 Å². The molecule has 1 aromatic carbocycles. The molecule has 0 bridgehead atoms. The van der Waals surface area contributed by atoms with Gasteiger partial charge in [0.15, 0.2) is 5.69 Å². The molecule has 28 heavy (non-hydrogen) atoms. The molecule has 0 spiro atoms. The Bertz CT molecular complexity index is 959. The highest BCUT2D eigenvalue weighted by Crippen LogP contribution is 2.23. The number of esters is 1. The second-order valence-electron chi connectivity index (χ2n) is 6.85. The minimum Gasteiger partial charge on any atom is -0.467 e. The number of nitrogens with one attached hydrogen (secondary N) is 1. The number of ether oxygens (including phenoxy) is 1. The summed E-state index contributed by atoms with van der Waals surface area (Å²) in [6, 6.07) is 12.7. The number of nitrogens with zero attached hydrogens (tertiary/aromatic N) is 3. The number of benzene rings is 1. The molecule has 1 N–H and O–H groups in total. The smallest absolute Gasteiger partial charge is 0.328 e. The largest absolute Gasteiger partial charge is 0.467 e. The van der Waals surface area contributed by atoms with Crippen molar-refractivity contribution in [2.24, 2.45) is 5.92 Å². The predicted molar refractivity (Wildman–Crippen MR) is 106 cm³/mol. The van der Waals surface area contributed by atoms with Crippen LogP contribution in [0.15, 0.2) is 54.9 Å². The van der Waals surface area contributed by atoms with Gasteiger partial charge in [0.25, 0.3) is 5.91 Å². The molecule has 7 heteroatoms. The molecule has 0 aliphatic rings. The molecule has 2 aromatic heterocycles. The van der Waals surface area contributed by atoms with E-state index < -0.39 is 17.9 Å². The quantitative estimate of drug-likeness (QED) is 0.667. The Kier molecular flexibility index (Phi) is 5.63. The molecule has 1 amide bonds. The molecule has 7 nitrogen and oxygen atoms in total. The van der Waals surface area contributed by atoms with Gasteiger partial charge in [-0.15, -0.1) is 0 Å². The maximum absolute atomic E-state index is 13.0. The van der Waals surface area contributed by atoms with Gasteiger partial charge < -0.3 is 14.6 Å². The molecule has 3 rings (SSSR count). The second-order valence-corrected chi connectivity index (χ2v) is 6.85. The van der Waals surface area contributed by atoms with Crippen LogP contribution < -0.4 is 5.32 Å². The molecule has 0 saturated carbocycles. The number of hydrogen-bond donors (Lipinski definition) is 1. The van der Waals surface area contributed by atoms with Gasteiger partial charge in [-0.05, 0) is 37.1 Å². The highest BCUT2D eigenvalue weighted by Gasteiger charge is 2.28. The zero-order valence-corrected chi connectivity index (χ0v) is 16.4. The summed E-state index contributed by atoms with van der Waals surface area (Å²) in [7, 11) is 1.31. The van der Waals surface area contributed by atoms with E-state index in [0.717, 1.165) is 11.5 Å². The van der Waals surface area contributed by atoms with Crippen LogP contribution in [0.3, 0.4) is 0 Å². The Hall–Kier alpha value is -3.35. The summed E-state index contributed by atoms with van der Waals surface area (Å²) in [4.78, 5) is 25.0. The Labute approximate surface area is 163 Å². The van der Waals surface area contributed by atoms with Crippen molar-refractivity contribution >= 4 is 11.9 Å². The van der Waals surface area contributed by atoms with Crippen molar-refractivity contribution in [3.63, 3.8) is 0 Å². The summed E-state index contributed by atoms with van der Waals surface area (Å²) in [5.74, 6) is -0.240. The lowest BCUT2D eigenvalue weighted by Gasteiger charge is -2.19. The van der Waals surface area contributed by atoms with Gasteiger partial charge in [-0.25, -0.2) is 9.48 Å². The van der Waals surface area contributed by atoms with E-state index in [1.807, 2.05) is 80.2 Å². The van der Waals surface area contributed by atoms with Gasteiger partial charge >= 0.3 is 5.97 Å². The average molecular weight is 380 g/mol. The lowest BCUT2D eigenvalue weighted by molar-refractivity contribution is -0.144. The topological polar surface area (TPSA) is 78.2 Å². The third kappa shape index (κ3) is 3.69. The van der Waals surface area contributed by atoms with E-state index in [9.17, 15) is 9.59 Å². The number of carbonyl (C=O) groups is 2. The van der Waals surface area contributed by atoms with Crippen molar-refractivity contribution < 1.29 is 14.3 Å². The molecule has 146 valence electrons. The predicted octanol–water partition coefficient (Wildman–Crippen LogP) is 2.90. The number of rotatable bonds is 6. The summed E-state index contributed by atoms with van der Waals surface area (Å²) in [6.45, 7) is 5.55. The summed E-state index contributed by atoms with van der Waals surface area (Å²) in [5, 5.41) is 7.33. The monoisotopic (exact) mass is 380 g/mol. The van der Waals surface area contributed by atoms with Gasteiger partial charge in [0.05, 0.1) is 12.8 Å². The van der Waals surface area contributed by atoms with Gasteiger partial charge in [0.1, 0.15) is 11.9 Å². The first kappa shape index (κ1) is 19.4. The van der Waals surface area contributed by atoms with Crippen LogP contribution in [0.2, 0.25) is 0 Å². The molecular formula is C21H24N4O3. The molecule has 0 saturated heterocycles. The first-order valence-electron chi connectivity index (χ1n) is 9.11. The molecule has 0 aliphatic heterocycles. The maximum atomic E-state index is 13.0. The van der Waals surface area contributed by atoms with Crippen molar-refractivity contribution in [2.45, 2.75) is 26.8 Å². The Morgan fingerprint density at radius 3 is 2.29 bits per heavy atom. The third-order valence-corrected chi connectivity index (χ3v) is 4.56. The van der Waals surface area contributed by atoms with Crippen LogP contribution in [0.25, 0.3) is 11.5 Å². The van der Waals surface area contributed by atoms with E-state index in [-0.39, 0.29) is 11.6 Å². The molecule has 3 aromatic rings. The molecule has 0 fully saturated rings. The van der Waals surface area contributed by atoms with Gasteiger partial charge in [-0.1, -0.05) is 32.0 Å². The van der Waals surface area contributed by atoms with Crippen molar-refractivity contribution in [2.75, 3.05) is 7.11 Å². The van der Waals surface area contributed by atoms with Crippen LogP contribution in [0, 0.1) is 12.8 Å². The van der Waals surface area contributed by atoms with Crippen LogP contribution >= 0.6 is 0 Å². The van der Waals surface area contributed by atoms with Gasteiger partial charge in [-0.2, -0.15) is 5.10 Å². The second kappa shape index (κ2) is 8.12. The van der Waals surface area contributed by atoms with Crippen molar-refractivity contribution in [3.05, 3.63) is 66.1 Å². The summed E-state index contributed by atoms with van der Waals surface area (Å²) >= 11 is 0. The fourth-order valence-electron chi connectivity index (χ4n) is 3.07. The summed E-state index contributed by atoms with van der Waals surface area (Å²) in [5.41, 5.74) is 1.81. The van der Waals surface area contributed by atoms with Crippen LogP contribution in [-0.4, -0.2) is 39.4 Å². The van der Waals surface area contributed by atoms with E-state index in [1.54, 1.807) is 4.68 Å². The minimum atomic E-state index is -0.742. The van der Waals surface area contributed by atoms with Crippen LogP contribution in [-0.2, 0) is 9.53 Å². The number of methoxy groups -OCH3 is 1. The molecular weight excluding hydrogens is 356 g/mol. The summed E-state index contributed by atoms with van der Waals surface area (Å²) < 4.78 is 8.45. The van der Waals surface area contributed by atoms with Gasteiger partial charge in [-0.3, -0.25) is 4.79 Å². The fraction of sp³-hybridized carbons (Fsp3) is 0.286. The lowest BCUT2D eigenvalue weighted by atomic mass is 10.0. The van der Waals surface area contributed by atoms with E-state index in [2.05, 4.69) is 10.4 Å². The van der Waals surface area contributed by atoms with Gasteiger partial charge in [0, 0.05) is 18.0 Å². The van der Waals surface area contributed by atoms with E-state index in [0.29, 0.717) is 5.56 Å². The van der Waals surface area contributed by atoms with Crippen LogP contribution in [0.4, 0.5) is 0 Å². The van der Waals surface area contributed by atoms with Crippen molar-refractivity contribution in [3.8, 4) is 11.5 Å². The van der Waals surface area contributed by atoms with Crippen LogP contribution in [0.5, 0.6) is 0 Å². The molecule has 2 heterocycles. The number of para-hydroxylation sites is 1. The van der Waals surface area contributed by atoms with E-state index >= 15 is 0 Å². The minimum absolute atomic E-state index is 0.114. The first-order valence-corrected chi connectivity index (χ1v) is 9.11. The average Bonchev–Trinajstić information content (AvgIpc) is 3.33. The zero-order chi connectivity index (χ0) is 20.3. The van der Waals surface area contributed by atoms with Crippen LogP contribution in [0.1, 0.15) is 29.9 Å². The third-order valence-electron chi connectivity index (χ3n) is 4.56. The maximum Gasteiger partial charge on any atom is 0.328 e. The standard InChI is InChI=1S/C21H24N4O3/c1-14(2)17(21(27)28-4)22-19(26)18-15(3)20(24-12-8-9-13-24)25(23-18)16-10-6-5-7-11-16/h5-14,17H,1-4H3,(H,22,26)/t17-/m0/s1. The van der Waals surface area contributed by atoms with Crippen molar-refractivity contribution in [1.82, 2.24) is 19.7 Å². The number of aromatic nitrogens is 3. The number of carbonyl (C=O) groups excluding carboxylic acids is 2. The molecule has 0 unspecified atom stereocenters. The highest BCUT2D eigenvalue weighted by atomic mass is 16.5. The van der Waals surface area contributed by atoms with Crippen molar-refractivity contribution in [1.29, 1.82) is 0 Å². The molecule has 1 atom stereocenters. The fourth-order valence-corrected chi connectivity index (χ4v) is 3.07. The Morgan fingerprint density at radius 1 is 1.07 bits per heavy atom. The molecule has 0 radical (unpaired) electrons. The van der Waals surface area contributed by atoms with E-state index in [1.165, 1.54) is 7.11 Å². The summed E-state index contributed by atoms with van der Waals surface area (Å²) in [6.07, 6.45) is 3.80. The lowest BCUT2D eigenvalue weighted by Crippen LogP contribution is -2.45.